The molecule has 1 aromatic rings. The third-order valence-electron chi connectivity index (χ3n) is 4.46. The van der Waals surface area contributed by atoms with Crippen molar-refractivity contribution in [2.24, 2.45) is 5.92 Å². The van der Waals surface area contributed by atoms with Crippen molar-refractivity contribution < 1.29 is 9.47 Å². The summed E-state index contributed by atoms with van der Waals surface area (Å²) in [5.74, 6) is 3.04. The summed E-state index contributed by atoms with van der Waals surface area (Å²) >= 11 is 2.06. The Labute approximate surface area is 138 Å². The molecule has 1 saturated heterocycles. The first-order valence-electron chi connectivity index (χ1n) is 8.48. The van der Waals surface area contributed by atoms with Gasteiger partial charge in [-0.05, 0) is 42.7 Å². The largest absolute Gasteiger partial charge is 0.381 e. The first kappa shape index (κ1) is 16.3. The summed E-state index contributed by atoms with van der Waals surface area (Å²) in [6.07, 6.45) is 3.44. The zero-order chi connectivity index (χ0) is 15.0. The summed E-state index contributed by atoms with van der Waals surface area (Å²) < 4.78 is 11.1. The molecule has 122 valence electrons. The van der Waals surface area contributed by atoms with Gasteiger partial charge in [0.15, 0.2) is 0 Å². The van der Waals surface area contributed by atoms with Crippen molar-refractivity contribution in [3.8, 4) is 0 Å². The molecular formula is C18H27NO2S. The highest BCUT2D eigenvalue weighted by Gasteiger charge is 2.18. The Balaban J connectivity index is 1.36. The summed E-state index contributed by atoms with van der Waals surface area (Å²) in [6, 6.07) is 9.38. The average molecular weight is 321 g/mol. The molecule has 0 aromatic heterocycles. The molecule has 4 heteroatoms. The van der Waals surface area contributed by atoms with Crippen LogP contribution in [0.15, 0.2) is 24.3 Å². The topological polar surface area (TPSA) is 30.5 Å². The normalized spacial score (nSPS) is 24.9. The Hall–Kier alpha value is -0.550. The maximum atomic E-state index is 5.78. The van der Waals surface area contributed by atoms with Crippen molar-refractivity contribution in [2.45, 2.75) is 25.3 Å². The zero-order valence-corrected chi connectivity index (χ0v) is 14.1. The molecule has 0 amide bonds. The minimum Gasteiger partial charge on any atom is -0.381 e. The molecule has 0 radical (unpaired) electrons. The molecule has 0 aliphatic carbocycles. The highest BCUT2D eigenvalue weighted by atomic mass is 32.2. The number of hydrogen-bond acceptors (Lipinski definition) is 4. The molecule has 2 aliphatic rings. The Morgan fingerprint density at radius 2 is 2.27 bits per heavy atom. The number of thioether (sulfide) groups is 1. The van der Waals surface area contributed by atoms with Gasteiger partial charge in [-0.3, -0.25) is 0 Å². The van der Waals surface area contributed by atoms with E-state index in [0.29, 0.717) is 12.0 Å². The van der Waals surface area contributed by atoms with Crippen LogP contribution in [0.3, 0.4) is 0 Å². The van der Waals surface area contributed by atoms with Crippen LogP contribution < -0.4 is 5.32 Å². The minimum absolute atomic E-state index is 0.493. The van der Waals surface area contributed by atoms with Gasteiger partial charge in [0.05, 0.1) is 13.2 Å². The lowest BCUT2D eigenvalue weighted by Crippen LogP contribution is -2.25. The lowest BCUT2D eigenvalue weighted by molar-refractivity contribution is 0.0880. The van der Waals surface area contributed by atoms with Crippen LogP contribution in [0, 0.1) is 5.92 Å². The standard InChI is InChI=1S/C18H27NO2S/c1-2-5-17-16(4-1)7-11-22-14-18(17)19-8-3-9-20-12-15-6-10-21-13-15/h1-2,4-5,15,18-19H,3,6-14H2/t15-,18-/m1/s1. The van der Waals surface area contributed by atoms with Crippen LogP contribution in [0.5, 0.6) is 0 Å². The second kappa shape index (κ2) is 8.92. The molecule has 2 atom stereocenters. The molecule has 0 bridgehead atoms. The molecule has 3 nitrogen and oxygen atoms in total. The fourth-order valence-electron chi connectivity index (χ4n) is 3.16. The maximum Gasteiger partial charge on any atom is 0.0517 e. The predicted octanol–water partition coefficient (Wildman–Crippen LogP) is 3.05. The molecule has 0 unspecified atom stereocenters. The number of rotatable bonds is 7. The molecule has 0 spiro atoms. The maximum absolute atomic E-state index is 5.78. The number of benzene rings is 1. The van der Waals surface area contributed by atoms with Crippen LogP contribution in [-0.2, 0) is 15.9 Å². The summed E-state index contributed by atoms with van der Waals surface area (Å²) in [6.45, 7) is 4.54. The highest BCUT2D eigenvalue weighted by Crippen LogP contribution is 2.27. The smallest absolute Gasteiger partial charge is 0.0517 e. The summed E-state index contributed by atoms with van der Waals surface area (Å²) in [5.41, 5.74) is 3.01. The van der Waals surface area contributed by atoms with E-state index in [1.807, 2.05) is 0 Å². The van der Waals surface area contributed by atoms with Gasteiger partial charge >= 0.3 is 0 Å². The molecule has 2 aliphatic heterocycles. The summed E-state index contributed by atoms with van der Waals surface area (Å²) in [7, 11) is 0. The van der Waals surface area contributed by atoms with E-state index >= 15 is 0 Å². The van der Waals surface area contributed by atoms with Gasteiger partial charge in [-0.25, -0.2) is 0 Å². The van der Waals surface area contributed by atoms with Gasteiger partial charge in [0, 0.05) is 30.9 Å². The van der Waals surface area contributed by atoms with E-state index in [1.54, 1.807) is 0 Å². The lowest BCUT2D eigenvalue weighted by Gasteiger charge is -2.19. The number of aryl methyl sites for hydroxylation is 1. The van der Waals surface area contributed by atoms with Crippen LogP contribution in [0.4, 0.5) is 0 Å². The Kier molecular flexibility index (Phi) is 6.61. The molecule has 1 aromatic carbocycles. The monoisotopic (exact) mass is 321 g/mol. The van der Waals surface area contributed by atoms with Gasteiger partial charge < -0.3 is 14.8 Å². The lowest BCUT2D eigenvalue weighted by atomic mass is 10.00. The van der Waals surface area contributed by atoms with Crippen molar-refractivity contribution >= 4 is 11.8 Å². The van der Waals surface area contributed by atoms with Crippen LogP contribution in [0.25, 0.3) is 0 Å². The molecule has 2 heterocycles. The first-order valence-corrected chi connectivity index (χ1v) is 9.63. The Bertz CT molecular complexity index is 448. The van der Waals surface area contributed by atoms with Crippen molar-refractivity contribution in [1.29, 1.82) is 0 Å². The second-order valence-electron chi connectivity index (χ2n) is 6.19. The number of hydrogen-bond donors (Lipinski definition) is 1. The Morgan fingerprint density at radius 1 is 1.32 bits per heavy atom. The molecule has 0 saturated carbocycles. The van der Waals surface area contributed by atoms with Crippen molar-refractivity contribution in [1.82, 2.24) is 5.32 Å². The average Bonchev–Trinajstić information content (AvgIpc) is 2.98. The highest BCUT2D eigenvalue weighted by molar-refractivity contribution is 7.99. The van der Waals surface area contributed by atoms with Gasteiger partial charge in [0.1, 0.15) is 0 Å². The third-order valence-corrected chi connectivity index (χ3v) is 5.53. The van der Waals surface area contributed by atoms with E-state index in [1.165, 1.54) is 29.1 Å². The second-order valence-corrected chi connectivity index (χ2v) is 7.34. The SMILES string of the molecule is c1ccc2c(c1)CCSC[C@H]2NCCCOC[C@H]1CCOC1. The zero-order valence-electron chi connectivity index (χ0n) is 13.3. The van der Waals surface area contributed by atoms with Crippen molar-refractivity contribution in [2.75, 3.05) is 44.5 Å². The predicted molar refractivity (Wildman–Crippen MR) is 92.6 cm³/mol. The van der Waals surface area contributed by atoms with Crippen LogP contribution in [0.2, 0.25) is 0 Å². The van der Waals surface area contributed by atoms with E-state index in [0.717, 1.165) is 45.8 Å². The number of nitrogens with one attached hydrogen (secondary N) is 1. The number of ether oxygens (including phenoxy) is 2. The van der Waals surface area contributed by atoms with Gasteiger partial charge in [-0.2, -0.15) is 11.8 Å². The van der Waals surface area contributed by atoms with Crippen molar-refractivity contribution in [3.63, 3.8) is 0 Å². The van der Waals surface area contributed by atoms with E-state index in [4.69, 9.17) is 9.47 Å². The van der Waals surface area contributed by atoms with Crippen molar-refractivity contribution in [3.05, 3.63) is 35.4 Å². The fourth-order valence-corrected chi connectivity index (χ4v) is 4.22. The first-order chi connectivity index (χ1) is 10.9. The number of fused-ring (bicyclic) bond motifs is 1. The Morgan fingerprint density at radius 3 is 3.18 bits per heavy atom. The van der Waals surface area contributed by atoms with Gasteiger partial charge in [-0.1, -0.05) is 24.3 Å². The molecule has 3 rings (SSSR count). The fraction of sp³-hybridized carbons (Fsp3) is 0.667. The van der Waals surface area contributed by atoms with E-state index in [9.17, 15) is 0 Å². The van der Waals surface area contributed by atoms with E-state index < -0.39 is 0 Å². The minimum atomic E-state index is 0.493. The summed E-state index contributed by atoms with van der Waals surface area (Å²) in [4.78, 5) is 0. The van der Waals surface area contributed by atoms with E-state index in [2.05, 4.69) is 41.3 Å². The van der Waals surface area contributed by atoms with Gasteiger partial charge in [0.2, 0.25) is 0 Å². The quantitative estimate of drug-likeness (QED) is 0.782. The van der Waals surface area contributed by atoms with Gasteiger partial charge in [-0.15, -0.1) is 0 Å². The molecule has 22 heavy (non-hydrogen) atoms. The van der Waals surface area contributed by atoms with Crippen LogP contribution >= 0.6 is 11.8 Å². The van der Waals surface area contributed by atoms with Crippen LogP contribution in [-0.4, -0.2) is 44.5 Å². The summed E-state index contributed by atoms with van der Waals surface area (Å²) in [5, 5.41) is 3.72. The van der Waals surface area contributed by atoms with Gasteiger partial charge in [0.25, 0.3) is 0 Å². The van der Waals surface area contributed by atoms with E-state index in [-0.39, 0.29) is 0 Å². The molecular weight excluding hydrogens is 294 g/mol. The molecule has 1 fully saturated rings. The molecule has 1 N–H and O–H groups in total. The van der Waals surface area contributed by atoms with Crippen LogP contribution in [0.1, 0.15) is 30.0 Å². The third kappa shape index (κ3) is 4.72.